The molecule has 0 aromatic heterocycles. The summed E-state index contributed by atoms with van der Waals surface area (Å²) in [5.41, 5.74) is 1.37. The van der Waals surface area contributed by atoms with Gasteiger partial charge in [-0.15, -0.1) is 0 Å². The first kappa shape index (κ1) is 23.3. The van der Waals surface area contributed by atoms with Gasteiger partial charge in [0.25, 0.3) is 5.91 Å². The third-order valence-corrected chi connectivity index (χ3v) is 8.09. The van der Waals surface area contributed by atoms with Gasteiger partial charge in [0.15, 0.2) is 0 Å². The summed E-state index contributed by atoms with van der Waals surface area (Å²) in [5.74, 6) is -1.41. The molecular weight excluding hydrogens is 454 g/mol. The van der Waals surface area contributed by atoms with Gasteiger partial charge in [-0.1, -0.05) is 60.0 Å². The molecule has 0 spiro atoms. The van der Waals surface area contributed by atoms with E-state index in [0.717, 1.165) is 34.7 Å². The van der Waals surface area contributed by atoms with Crippen molar-refractivity contribution in [3.63, 3.8) is 0 Å². The van der Waals surface area contributed by atoms with Crippen LogP contribution in [0.3, 0.4) is 0 Å². The predicted octanol–water partition coefficient (Wildman–Crippen LogP) is 4.46. The SMILES string of the molecule is CC=CC(=O)N1c2ccccc2C(=C2SC(C(=O)OC)=C(C(=O)OC)S2)C(=S)C1(C)C. The average Bonchev–Trinajstić information content (AvgIpc) is 3.18. The topological polar surface area (TPSA) is 72.9 Å². The van der Waals surface area contributed by atoms with Crippen LogP contribution in [0.15, 0.2) is 50.5 Å². The zero-order valence-corrected chi connectivity index (χ0v) is 20.1. The second-order valence-electron chi connectivity index (χ2n) is 7.09. The van der Waals surface area contributed by atoms with E-state index >= 15 is 0 Å². The molecule has 2 heterocycles. The maximum Gasteiger partial charge on any atom is 0.346 e. The Kier molecular flexibility index (Phi) is 6.78. The van der Waals surface area contributed by atoms with Crippen molar-refractivity contribution in [2.24, 2.45) is 0 Å². The van der Waals surface area contributed by atoms with Crippen LogP contribution < -0.4 is 4.90 Å². The molecule has 0 atom stereocenters. The summed E-state index contributed by atoms with van der Waals surface area (Å²) in [6.45, 7) is 5.55. The number of carbonyl (C=O) groups is 3. The lowest BCUT2D eigenvalue weighted by atomic mass is 9.83. The lowest BCUT2D eigenvalue weighted by Gasteiger charge is -2.44. The molecule has 0 radical (unpaired) electrons. The molecule has 0 fully saturated rings. The third kappa shape index (κ3) is 3.97. The van der Waals surface area contributed by atoms with Crippen molar-refractivity contribution in [2.75, 3.05) is 19.1 Å². The van der Waals surface area contributed by atoms with Crippen molar-refractivity contribution in [1.29, 1.82) is 0 Å². The quantitative estimate of drug-likeness (QED) is 0.360. The number of esters is 2. The first-order valence-corrected chi connectivity index (χ1v) is 11.3. The van der Waals surface area contributed by atoms with E-state index in [0.29, 0.717) is 14.8 Å². The number of carbonyl (C=O) groups excluding carboxylic acids is 3. The van der Waals surface area contributed by atoms with Crippen LogP contribution in [-0.4, -0.2) is 42.5 Å². The van der Waals surface area contributed by atoms with Gasteiger partial charge >= 0.3 is 11.9 Å². The molecule has 1 aromatic rings. The number of thioether (sulfide) groups is 2. The van der Waals surface area contributed by atoms with Crippen LogP contribution in [0.5, 0.6) is 0 Å². The zero-order valence-electron chi connectivity index (χ0n) is 17.7. The summed E-state index contributed by atoms with van der Waals surface area (Å²) in [6.07, 6.45) is 3.19. The lowest BCUT2D eigenvalue weighted by molar-refractivity contribution is -0.138. The molecule has 1 aromatic carbocycles. The van der Waals surface area contributed by atoms with Crippen LogP contribution in [0.2, 0.25) is 0 Å². The van der Waals surface area contributed by atoms with Crippen molar-refractivity contribution >= 4 is 69.7 Å². The van der Waals surface area contributed by atoms with E-state index in [1.165, 1.54) is 20.3 Å². The van der Waals surface area contributed by atoms with Gasteiger partial charge in [-0.25, -0.2) is 9.59 Å². The molecule has 0 saturated heterocycles. The van der Waals surface area contributed by atoms with Gasteiger partial charge in [-0.2, -0.15) is 0 Å². The number of ether oxygens (including phenoxy) is 2. The highest BCUT2D eigenvalue weighted by Crippen LogP contribution is 2.56. The van der Waals surface area contributed by atoms with Gasteiger partial charge < -0.3 is 9.47 Å². The van der Waals surface area contributed by atoms with Crippen LogP contribution in [0.1, 0.15) is 26.3 Å². The van der Waals surface area contributed by atoms with Crippen LogP contribution in [0, 0.1) is 0 Å². The number of nitrogens with zero attached hydrogens (tertiary/aromatic N) is 1. The average molecular weight is 476 g/mol. The van der Waals surface area contributed by atoms with Gasteiger partial charge in [-0.05, 0) is 32.9 Å². The molecule has 0 aliphatic carbocycles. The van der Waals surface area contributed by atoms with E-state index in [4.69, 9.17) is 21.7 Å². The number of anilines is 1. The number of hydrogen-bond donors (Lipinski definition) is 0. The van der Waals surface area contributed by atoms with Crippen molar-refractivity contribution < 1.29 is 23.9 Å². The number of benzene rings is 1. The lowest BCUT2D eigenvalue weighted by Crippen LogP contribution is -2.55. The maximum atomic E-state index is 12.9. The van der Waals surface area contributed by atoms with Gasteiger partial charge in [0, 0.05) is 11.1 Å². The second-order valence-corrected chi connectivity index (χ2v) is 9.79. The van der Waals surface area contributed by atoms with Gasteiger partial charge in [-0.3, -0.25) is 9.69 Å². The van der Waals surface area contributed by atoms with Crippen molar-refractivity contribution in [2.45, 2.75) is 26.3 Å². The fourth-order valence-corrected chi connectivity index (χ4v) is 6.41. The maximum absolute atomic E-state index is 12.9. The Morgan fingerprint density at radius 2 is 1.58 bits per heavy atom. The number of thiocarbonyl (C=S) groups is 1. The Morgan fingerprint density at radius 3 is 2.10 bits per heavy atom. The molecule has 3 rings (SSSR count). The monoisotopic (exact) mass is 475 g/mol. The van der Waals surface area contributed by atoms with E-state index in [-0.39, 0.29) is 15.7 Å². The largest absolute Gasteiger partial charge is 0.465 e. The molecule has 31 heavy (non-hydrogen) atoms. The van der Waals surface area contributed by atoms with Crippen LogP contribution in [0.4, 0.5) is 5.69 Å². The number of amides is 1. The summed E-state index contributed by atoms with van der Waals surface area (Å²) in [5, 5.41) is 0. The molecule has 6 nitrogen and oxygen atoms in total. The van der Waals surface area contributed by atoms with Crippen LogP contribution in [0.25, 0.3) is 5.57 Å². The highest BCUT2D eigenvalue weighted by Gasteiger charge is 2.45. The summed E-state index contributed by atoms with van der Waals surface area (Å²) in [7, 11) is 2.52. The van der Waals surface area contributed by atoms with E-state index in [1.54, 1.807) is 17.9 Å². The standard InChI is InChI=1S/C22H21NO5S3/c1-6-9-14(24)23-13-11-8-7-10-12(13)15(18(29)22(23,2)3)21-30-16(19(25)27-4)17(31-21)20(26)28-5/h6-11H,1-5H3. The van der Waals surface area contributed by atoms with Gasteiger partial charge in [0.05, 0.1) is 34.5 Å². The predicted molar refractivity (Wildman–Crippen MR) is 129 cm³/mol. The fraction of sp³-hybridized carbons (Fsp3) is 0.273. The Balaban J connectivity index is 2.22. The molecule has 9 heteroatoms. The normalized spacial score (nSPS) is 17.8. The van der Waals surface area contributed by atoms with Crippen LogP contribution in [-0.2, 0) is 23.9 Å². The third-order valence-electron chi connectivity index (χ3n) is 4.83. The minimum Gasteiger partial charge on any atom is -0.465 e. The van der Waals surface area contributed by atoms with Crippen LogP contribution >= 0.6 is 35.7 Å². The fourth-order valence-electron chi connectivity index (χ4n) is 3.38. The first-order valence-electron chi connectivity index (χ1n) is 9.31. The minimum absolute atomic E-state index is 0.160. The Bertz CT molecular complexity index is 1050. The van der Waals surface area contributed by atoms with E-state index in [9.17, 15) is 14.4 Å². The number of methoxy groups -OCH3 is 2. The molecule has 0 bridgehead atoms. The summed E-state index contributed by atoms with van der Waals surface area (Å²) in [4.78, 5) is 40.1. The number of rotatable bonds is 3. The molecule has 162 valence electrons. The summed E-state index contributed by atoms with van der Waals surface area (Å²) in [6, 6.07) is 7.46. The second kappa shape index (κ2) is 9.02. The molecule has 0 N–H and O–H groups in total. The Labute approximate surface area is 194 Å². The molecule has 0 saturated carbocycles. The minimum atomic E-state index is -0.816. The highest BCUT2D eigenvalue weighted by molar-refractivity contribution is 8.29. The van der Waals surface area contributed by atoms with Gasteiger partial charge in [0.2, 0.25) is 0 Å². The summed E-state index contributed by atoms with van der Waals surface area (Å²) >= 11 is 8.13. The molecule has 0 unspecified atom stereocenters. The van der Waals surface area contributed by atoms with E-state index < -0.39 is 17.5 Å². The Morgan fingerprint density at radius 1 is 1.03 bits per heavy atom. The molecular formula is C22H21NO5S3. The number of fused-ring (bicyclic) bond motifs is 1. The van der Waals surface area contributed by atoms with Gasteiger partial charge in [0.1, 0.15) is 9.81 Å². The van der Waals surface area contributed by atoms with Crippen molar-refractivity contribution in [3.05, 3.63) is 56.0 Å². The molecule has 2 aliphatic rings. The first-order chi connectivity index (χ1) is 14.7. The smallest absolute Gasteiger partial charge is 0.346 e. The number of para-hydroxylation sites is 1. The zero-order chi connectivity index (χ0) is 22.9. The molecule has 1 amide bonds. The van der Waals surface area contributed by atoms with Crippen molar-refractivity contribution in [1.82, 2.24) is 0 Å². The van der Waals surface area contributed by atoms with E-state index in [1.807, 2.05) is 38.1 Å². The Hall–Kier alpha value is -2.36. The number of hydrogen-bond acceptors (Lipinski definition) is 8. The van der Waals surface area contributed by atoms with E-state index in [2.05, 4.69) is 0 Å². The molecule has 2 aliphatic heterocycles. The number of allylic oxidation sites excluding steroid dienone is 1. The van der Waals surface area contributed by atoms with Crippen molar-refractivity contribution in [3.8, 4) is 0 Å². The summed E-state index contributed by atoms with van der Waals surface area (Å²) < 4.78 is 10.4. The highest BCUT2D eigenvalue weighted by atomic mass is 32.2.